The van der Waals surface area contributed by atoms with E-state index < -0.39 is 0 Å². The summed E-state index contributed by atoms with van der Waals surface area (Å²) in [6, 6.07) is 9.01. The predicted molar refractivity (Wildman–Crippen MR) is 114 cm³/mol. The van der Waals surface area contributed by atoms with Crippen molar-refractivity contribution in [3.63, 3.8) is 0 Å². The summed E-state index contributed by atoms with van der Waals surface area (Å²) in [7, 11) is 0. The van der Waals surface area contributed by atoms with Crippen molar-refractivity contribution in [3.8, 4) is 5.75 Å². The van der Waals surface area contributed by atoms with Crippen LogP contribution in [-0.2, 0) is 15.6 Å². The first-order chi connectivity index (χ1) is 12.6. The van der Waals surface area contributed by atoms with Gasteiger partial charge in [0.25, 0.3) is 0 Å². The Morgan fingerprint density at radius 3 is 2.00 bits per heavy atom. The third-order valence-corrected chi connectivity index (χ3v) is 6.21. The van der Waals surface area contributed by atoms with E-state index in [-0.39, 0.29) is 16.9 Å². The van der Waals surface area contributed by atoms with Crippen molar-refractivity contribution >= 4 is 11.3 Å². The topological polar surface area (TPSA) is 32.7 Å². The fraction of sp³-hybridized carbons (Fsp3) is 0.565. The molecule has 0 saturated carbocycles. The van der Waals surface area contributed by atoms with Gasteiger partial charge in [-0.05, 0) is 51.1 Å². The molecule has 1 aliphatic rings. The summed E-state index contributed by atoms with van der Waals surface area (Å²) in [5, 5.41) is 13.2. The van der Waals surface area contributed by atoms with Gasteiger partial charge in [0.1, 0.15) is 5.75 Å². The average Bonchev–Trinajstić information content (AvgIpc) is 3.09. The first-order valence-electron chi connectivity index (χ1n) is 9.82. The number of morpholine rings is 1. The lowest BCUT2D eigenvalue weighted by molar-refractivity contribution is 0.0245. The molecule has 0 bridgehead atoms. The molecule has 1 atom stereocenters. The van der Waals surface area contributed by atoms with Crippen molar-refractivity contribution in [1.29, 1.82) is 0 Å². The minimum absolute atomic E-state index is 0.120. The molecule has 1 fully saturated rings. The summed E-state index contributed by atoms with van der Waals surface area (Å²) in [5.74, 6) is 0.450. The second kappa shape index (κ2) is 7.57. The minimum Gasteiger partial charge on any atom is -0.507 e. The van der Waals surface area contributed by atoms with E-state index in [0.29, 0.717) is 5.75 Å². The van der Waals surface area contributed by atoms with E-state index in [1.54, 1.807) is 11.3 Å². The number of aromatic hydroxyl groups is 1. The molecule has 1 saturated heterocycles. The van der Waals surface area contributed by atoms with Crippen molar-refractivity contribution < 1.29 is 9.84 Å². The van der Waals surface area contributed by atoms with Gasteiger partial charge in [-0.2, -0.15) is 0 Å². The lowest BCUT2D eigenvalue weighted by Crippen LogP contribution is -2.39. The maximum atomic E-state index is 11.1. The van der Waals surface area contributed by atoms with E-state index in [4.69, 9.17) is 4.74 Å². The van der Waals surface area contributed by atoms with Crippen LogP contribution in [0.5, 0.6) is 5.75 Å². The van der Waals surface area contributed by atoms with Crippen molar-refractivity contribution in [1.82, 2.24) is 4.90 Å². The maximum absolute atomic E-state index is 11.1. The number of benzene rings is 1. The zero-order valence-corrected chi connectivity index (χ0v) is 18.3. The Hall–Kier alpha value is -1.36. The highest BCUT2D eigenvalue weighted by atomic mass is 32.1. The highest BCUT2D eigenvalue weighted by Crippen LogP contribution is 2.43. The predicted octanol–water partition coefficient (Wildman–Crippen LogP) is 5.47. The lowest BCUT2D eigenvalue weighted by atomic mass is 9.77. The monoisotopic (exact) mass is 387 g/mol. The van der Waals surface area contributed by atoms with Crippen LogP contribution < -0.4 is 0 Å². The minimum atomic E-state index is -0.120. The average molecular weight is 388 g/mol. The van der Waals surface area contributed by atoms with Crippen molar-refractivity contribution in [3.05, 3.63) is 51.2 Å². The van der Waals surface area contributed by atoms with Gasteiger partial charge in [-0.25, -0.2) is 0 Å². The largest absolute Gasteiger partial charge is 0.507 e. The van der Waals surface area contributed by atoms with Gasteiger partial charge >= 0.3 is 0 Å². The van der Waals surface area contributed by atoms with Crippen molar-refractivity contribution in [2.45, 2.75) is 58.4 Å². The van der Waals surface area contributed by atoms with Crippen LogP contribution >= 0.6 is 11.3 Å². The van der Waals surface area contributed by atoms with Gasteiger partial charge in [0.05, 0.1) is 19.3 Å². The Morgan fingerprint density at radius 2 is 1.56 bits per heavy atom. The third kappa shape index (κ3) is 4.39. The van der Waals surface area contributed by atoms with Crippen LogP contribution in [0.4, 0.5) is 0 Å². The molecule has 2 aromatic rings. The quantitative estimate of drug-likeness (QED) is 0.758. The van der Waals surface area contributed by atoms with Crippen LogP contribution in [0.25, 0.3) is 0 Å². The van der Waals surface area contributed by atoms with Gasteiger partial charge in [-0.3, -0.25) is 4.90 Å². The zero-order valence-electron chi connectivity index (χ0n) is 17.5. The lowest BCUT2D eigenvalue weighted by Gasteiger charge is -2.36. The molecule has 148 valence electrons. The number of ether oxygens (including phenoxy) is 1. The van der Waals surface area contributed by atoms with Gasteiger partial charge in [0, 0.05) is 18.0 Å². The van der Waals surface area contributed by atoms with Gasteiger partial charge in [0.2, 0.25) is 0 Å². The summed E-state index contributed by atoms with van der Waals surface area (Å²) in [5.41, 5.74) is 3.09. The molecule has 27 heavy (non-hydrogen) atoms. The molecule has 0 aliphatic carbocycles. The van der Waals surface area contributed by atoms with Crippen LogP contribution in [0, 0.1) is 0 Å². The standard InChI is InChI=1S/C23H33NO2S/c1-22(2,3)17-14-16(15-18(21(17)25)23(4,5)6)20(19-8-7-13-27-19)24-9-11-26-12-10-24/h7-8,13-15,20,25H,9-12H2,1-6H3. The molecule has 0 amide bonds. The SMILES string of the molecule is CC(C)(C)c1cc(C(c2cccs2)N2CCOCC2)cc(C(C)(C)C)c1O. The Bertz CT molecular complexity index is 728. The van der Waals surface area contributed by atoms with E-state index in [0.717, 1.165) is 37.4 Å². The van der Waals surface area contributed by atoms with Gasteiger partial charge in [-0.1, -0.05) is 47.6 Å². The first-order valence-corrected chi connectivity index (χ1v) is 10.7. The molecule has 3 nitrogen and oxygen atoms in total. The third-order valence-electron chi connectivity index (χ3n) is 5.29. The fourth-order valence-electron chi connectivity index (χ4n) is 3.80. The van der Waals surface area contributed by atoms with E-state index in [1.807, 2.05) is 0 Å². The summed E-state index contributed by atoms with van der Waals surface area (Å²) in [6.07, 6.45) is 0. The second-order valence-corrected chi connectivity index (χ2v) is 10.5. The number of thiophene rings is 1. The molecule has 1 N–H and O–H groups in total. The molecule has 4 heteroatoms. The number of phenolic OH excluding ortho intramolecular Hbond substituents is 1. The van der Waals surface area contributed by atoms with Gasteiger partial charge in [0.15, 0.2) is 0 Å². The Kier molecular flexibility index (Phi) is 5.72. The molecule has 0 spiro atoms. The second-order valence-electron chi connectivity index (χ2n) is 9.53. The molecule has 3 rings (SSSR count). The smallest absolute Gasteiger partial charge is 0.123 e. The van der Waals surface area contributed by atoms with E-state index >= 15 is 0 Å². The molecule has 2 heterocycles. The Balaban J connectivity index is 2.19. The number of phenols is 1. The first kappa shape index (κ1) is 20.4. The molecule has 1 aliphatic heterocycles. The summed E-state index contributed by atoms with van der Waals surface area (Å²) in [6.45, 7) is 16.5. The molecule has 1 aromatic carbocycles. The Labute approximate surface area is 168 Å². The molecular formula is C23H33NO2S. The number of hydrogen-bond donors (Lipinski definition) is 1. The maximum Gasteiger partial charge on any atom is 0.123 e. The van der Waals surface area contributed by atoms with E-state index in [2.05, 4.69) is 76.1 Å². The van der Waals surface area contributed by atoms with E-state index in [9.17, 15) is 5.11 Å². The van der Waals surface area contributed by atoms with Gasteiger partial charge in [-0.15, -0.1) is 11.3 Å². The van der Waals surface area contributed by atoms with Crippen molar-refractivity contribution in [2.24, 2.45) is 0 Å². The number of nitrogens with zero attached hydrogens (tertiary/aromatic N) is 1. The summed E-state index contributed by atoms with van der Waals surface area (Å²) < 4.78 is 5.60. The van der Waals surface area contributed by atoms with Gasteiger partial charge < -0.3 is 9.84 Å². The molecule has 1 aromatic heterocycles. The van der Waals surface area contributed by atoms with Crippen LogP contribution in [0.2, 0.25) is 0 Å². The molecule has 0 radical (unpaired) electrons. The highest BCUT2D eigenvalue weighted by molar-refractivity contribution is 7.10. The van der Waals surface area contributed by atoms with Crippen LogP contribution in [0.1, 0.15) is 69.2 Å². The number of rotatable bonds is 3. The fourth-order valence-corrected chi connectivity index (χ4v) is 4.68. The van der Waals surface area contributed by atoms with E-state index in [1.165, 1.54) is 10.4 Å². The zero-order chi connectivity index (χ0) is 19.8. The molecule has 1 unspecified atom stereocenters. The molecular weight excluding hydrogens is 354 g/mol. The van der Waals surface area contributed by atoms with Crippen LogP contribution in [0.15, 0.2) is 29.6 Å². The normalized spacial score (nSPS) is 17.9. The van der Waals surface area contributed by atoms with Crippen molar-refractivity contribution in [2.75, 3.05) is 26.3 Å². The van der Waals surface area contributed by atoms with Crippen LogP contribution in [0.3, 0.4) is 0 Å². The highest BCUT2D eigenvalue weighted by Gasteiger charge is 2.31. The number of hydrogen-bond acceptors (Lipinski definition) is 4. The van der Waals surface area contributed by atoms with Crippen LogP contribution in [-0.4, -0.2) is 36.3 Å². The summed E-state index contributed by atoms with van der Waals surface area (Å²) in [4.78, 5) is 3.86. The summed E-state index contributed by atoms with van der Waals surface area (Å²) >= 11 is 1.81. The Morgan fingerprint density at radius 1 is 1.00 bits per heavy atom.